The van der Waals surface area contributed by atoms with Gasteiger partial charge in [-0.3, -0.25) is 10.5 Å². The Morgan fingerprint density at radius 1 is 1.60 bits per heavy atom. The zero-order chi connectivity index (χ0) is 8.36. The van der Waals surface area contributed by atoms with Gasteiger partial charge in [-0.1, -0.05) is 0 Å². The van der Waals surface area contributed by atoms with E-state index in [1.165, 1.54) is 0 Å². The molecule has 5 heteroatoms. The number of halogens is 3. The monoisotopic (exact) mass is 153 g/mol. The first-order valence-electron chi connectivity index (χ1n) is 2.43. The summed E-state index contributed by atoms with van der Waals surface area (Å²) in [7, 11) is 0. The summed E-state index contributed by atoms with van der Waals surface area (Å²) in [5.41, 5.74) is 3.99. The molecule has 0 aliphatic heterocycles. The molecule has 0 aromatic carbocycles. The Morgan fingerprint density at radius 2 is 2.00 bits per heavy atom. The largest absolute Gasteiger partial charge is 0.366 e. The van der Waals surface area contributed by atoms with Gasteiger partial charge < -0.3 is 0 Å². The Balaban J connectivity index is 4.39. The lowest BCUT2D eigenvalue weighted by Crippen LogP contribution is -2.38. The lowest BCUT2D eigenvalue weighted by Gasteiger charge is -2.04. The van der Waals surface area contributed by atoms with Crippen molar-refractivity contribution in [3.8, 4) is 0 Å². The summed E-state index contributed by atoms with van der Waals surface area (Å²) in [6, 6.07) is -4.10. The topological polar surface area (TPSA) is 43.1 Å². The van der Waals surface area contributed by atoms with Crippen molar-refractivity contribution in [1.29, 1.82) is 0 Å². The van der Waals surface area contributed by atoms with Gasteiger partial charge in [0.2, 0.25) is 0 Å². The summed E-state index contributed by atoms with van der Waals surface area (Å²) in [5, 5.41) is 0. The zero-order valence-corrected chi connectivity index (χ0v) is 5.20. The highest BCUT2D eigenvalue weighted by molar-refractivity contribution is 5.98. The van der Waals surface area contributed by atoms with Crippen LogP contribution in [0.2, 0.25) is 0 Å². The molecule has 10 heavy (non-hydrogen) atoms. The maximum absolute atomic E-state index is 12.0. The molecule has 0 aromatic heterocycles. The van der Waals surface area contributed by atoms with Crippen molar-refractivity contribution in [3.63, 3.8) is 0 Å². The third-order valence-electron chi connectivity index (χ3n) is 0.773. The van der Waals surface area contributed by atoms with Crippen molar-refractivity contribution in [2.24, 2.45) is 5.73 Å². The van der Waals surface area contributed by atoms with Crippen LogP contribution in [-0.4, -0.2) is 11.8 Å². The molecule has 0 rings (SSSR count). The first-order chi connectivity index (χ1) is 4.39. The van der Waals surface area contributed by atoms with E-state index in [1.54, 1.807) is 0 Å². The number of carbonyl (C=O) groups excluding carboxylic acids is 1. The van der Waals surface area contributed by atoms with Gasteiger partial charge in [0.05, 0.1) is 0 Å². The number of carbonyl (C=O) groups is 1. The molecule has 0 bridgehead atoms. The van der Waals surface area contributed by atoms with Crippen molar-refractivity contribution < 1.29 is 18.0 Å². The fraction of sp³-hybridized carbons (Fsp3) is 0.400. The molecular weight excluding hydrogens is 147 g/mol. The number of ketones is 1. The molecule has 0 unspecified atom stereocenters. The fourth-order valence-electron chi connectivity index (χ4n) is 0.290. The first kappa shape index (κ1) is 9.16. The van der Waals surface area contributed by atoms with Gasteiger partial charge in [-0.15, -0.1) is 0 Å². The maximum Gasteiger partial charge on any atom is 0.366 e. The molecule has 0 amide bonds. The predicted octanol–water partition coefficient (Wildman–Crippen LogP) is 0.980. The molecule has 0 aliphatic carbocycles. The average molecular weight is 153 g/mol. The van der Waals surface area contributed by atoms with Gasteiger partial charge in [-0.05, 0) is 13.0 Å². The Morgan fingerprint density at radius 3 is 2.10 bits per heavy atom. The van der Waals surface area contributed by atoms with Crippen LogP contribution in [0.3, 0.4) is 0 Å². The van der Waals surface area contributed by atoms with E-state index in [2.05, 4.69) is 5.73 Å². The van der Waals surface area contributed by atoms with E-state index in [9.17, 15) is 18.0 Å². The Hall–Kier alpha value is -0.840. The molecule has 0 aliphatic rings. The van der Waals surface area contributed by atoms with Gasteiger partial charge >= 0.3 is 6.05 Å². The fourth-order valence-corrected chi connectivity index (χ4v) is 0.290. The first-order valence-corrected chi connectivity index (χ1v) is 2.43. The minimum absolute atomic E-state index is 0.628. The van der Waals surface area contributed by atoms with Crippen LogP contribution in [0.5, 0.6) is 0 Å². The highest BCUT2D eigenvalue weighted by Gasteiger charge is 2.35. The summed E-state index contributed by atoms with van der Waals surface area (Å²) in [6.45, 7) is 1.12. The molecule has 2 nitrogen and oxygen atoms in total. The number of nitrogens with two attached hydrogens (primary N) is 1. The Kier molecular flexibility index (Phi) is 2.59. The normalized spacial score (nSPS) is 13.5. The lowest BCUT2D eigenvalue weighted by molar-refractivity contribution is -0.139. The number of allylic oxidation sites excluding steroid dienone is 1. The second-order valence-corrected chi connectivity index (χ2v) is 1.59. The molecule has 0 heterocycles. The molecule has 0 aromatic rings. The minimum atomic E-state index is -4.10. The van der Waals surface area contributed by atoms with Crippen LogP contribution < -0.4 is 5.73 Å². The van der Waals surface area contributed by atoms with Gasteiger partial charge in [-0.2, -0.15) is 8.78 Å². The Bertz CT molecular complexity index is 170. The van der Waals surface area contributed by atoms with Gasteiger partial charge in [-0.25, -0.2) is 4.39 Å². The summed E-state index contributed by atoms with van der Waals surface area (Å²) in [6.07, 6.45) is 0.628. The third-order valence-corrected chi connectivity index (χ3v) is 0.773. The van der Waals surface area contributed by atoms with Gasteiger partial charge in [0, 0.05) is 0 Å². The van der Waals surface area contributed by atoms with E-state index >= 15 is 0 Å². The highest BCUT2D eigenvalue weighted by Crippen LogP contribution is 2.12. The van der Waals surface area contributed by atoms with Crippen molar-refractivity contribution in [1.82, 2.24) is 0 Å². The molecule has 0 saturated carbocycles. The van der Waals surface area contributed by atoms with Crippen LogP contribution in [0.4, 0.5) is 13.2 Å². The Labute approximate surface area is 55.5 Å². The van der Waals surface area contributed by atoms with Gasteiger partial charge in [0.1, 0.15) is 0 Å². The molecule has 0 saturated heterocycles. The van der Waals surface area contributed by atoms with Crippen LogP contribution in [-0.2, 0) is 4.79 Å². The van der Waals surface area contributed by atoms with E-state index in [4.69, 9.17) is 0 Å². The van der Waals surface area contributed by atoms with Crippen LogP contribution in [0, 0.1) is 0 Å². The number of Topliss-reactive ketones (excluding diaryl/α,β-unsaturated/α-hetero) is 1. The van der Waals surface area contributed by atoms with Crippen molar-refractivity contribution in [2.45, 2.75) is 13.0 Å². The standard InChI is InChI=1S/C5H6F3NO/c1-2-3(6)4(10)5(7,8)9/h2H,9H2,1H3/b3-2-. The highest BCUT2D eigenvalue weighted by atomic mass is 19.3. The molecule has 0 spiro atoms. The number of rotatable bonds is 2. The smallest absolute Gasteiger partial charge is 0.283 e. The van der Waals surface area contributed by atoms with Crippen molar-refractivity contribution >= 4 is 5.78 Å². The van der Waals surface area contributed by atoms with Crippen LogP contribution in [0.1, 0.15) is 6.92 Å². The second-order valence-electron chi connectivity index (χ2n) is 1.59. The van der Waals surface area contributed by atoms with Gasteiger partial charge in [0.15, 0.2) is 5.83 Å². The number of hydrogen-bond acceptors (Lipinski definition) is 2. The quantitative estimate of drug-likeness (QED) is 0.474. The maximum atomic E-state index is 12.0. The van der Waals surface area contributed by atoms with E-state index in [0.29, 0.717) is 6.08 Å². The molecular formula is C5H6F3NO. The van der Waals surface area contributed by atoms with E-state index < -0.39 is 17.7 Å². The van der Waals surface area contributed by atoms with Crippen molar-refractivity contribution in [3.05, 3.63) is 11.9 Å². The van der Waals surface area contributed by atoms with Gasteiger partial charge in [0.25, 0.3) is 5.78 Å². The summed E-state index contributed by atoms with van der Waals surface area (Å²) in [5.74, 6) is -3.51. The number of hydrogen-bond donors (Lipinski definition) is 1. The second kappa shape index (κ2) is 2.83. The zero-order valence-electron chi connectivity index (χ0n) is 5.20. The average Bonchev–Trinajstić information content (AvgIpc) is 1.83. The van der Waals surface area contributed by atoms with E-state index in [-0.39, 0.29) is 0 Å². The molecule has 2 N–H and O–H groups in total. The summed E-state index contributed by atoms with van der Waals surface area (Å²) >= 11 is 0. The molecule has 0 atom stereocenters. The van der Waals surface area contributed by atoms with E-state index in [1.807, 2.05) is 0 Å². The predicted molar refractivity (Wildman–Crippen MR) is 29.0 cm³/mol. The van der Waals surface area contributed by atoms with E-state index in [0.717, 1.165) is 6.92 Å². The molecule has 0 fully saturated rings. The van der Waals surface area contributed by atoms with Crippen LogP contribution in [0.25, 0.3) is 0 Å². The minimum Gasteiger partial charge on any atom is -0.283 e. The number of alkyl halides is 2. The molecule has 58 valence electrons. The van der Waals surface area contributed by atoms with Crippen LogP contribution >= 0.6 is 0 Å². The van der Waals surface area contributed by atoms with Crippen LogP contribution in [0.15, 0.2) is 11.9 Å². The SMILES string of the molecule is C/C=C(\F)C(=O)C(N)(F)F. The summed E-state index contributed by atoms with van der Waals surface area (Å²) in [4.78, 5) is 10.1. The van der Waals surface area contributed by atoms with Crippen molar-refractivity contribution in [2.75, 3.05) is 0 Å². The summed E-state index contributed by atoms with van der Waals surface area (Å²) < 4.78 is 35.4. The molecule has 0 radical (unpaired) electrons. The lowest BCUT2D eigenvalue weighted by atomic mass is 10.3. The third kappa shape index (κ3) is 2.18.